The lowest BCUT2D eigenvalue weighted by atomic mass is 10.0. The summed E-state index contributed by atoms with van der Waals surface area (Å²) in [5.74, 6) is 1.61. The van der Waals surface area contributed by atoms with Crippen molar-refractivity contribution in [2.75, 3.05) is 12.8 Å². The molecule has 1 aromatic heterocycles. The number of nitrogen functional groups attached to an aromatic ring is 1. The molecule has 4 heteroatoms. The van der Waals surface area contributed by atoms with Gasteiger partial charge in [-0.25, -0.2) is 0 Å². The first-order valence-corrected chi connectivity index (χ1v) is 5.41. The topological polar surface area (TPSA) is 61.3 Å². The minimum absolute atomic E-state index is 0.199. The maximum atomic E-state index is 5.56. The molecule has 0 bridgehead atoms. The molecule has 0 aliphatic carbocycles. The molecule has 17 heavy (non-hydrogen) atoms. The second-order valence-corrected chi connectivity index (χ2v) is 4.09. The normalized spacial score (nSPS) is 10.6. The van der Waals surface area contributed by atoms with Gasteiger partial charge in [-0.2, -0.15) is 4.98 Å². The zero-order chi connectivity index (χ0) is 12.6. The Morgan fingerprint density at radius 3 is 2.41 bits per heavy atom. The van der Waals surface area contributed by atoms with Crippen molar-refractivity contribution < 1.29 is 9.15 Å². The predicted octanol–water partition coefficient (Wildman–Crippen LogP) is 2.86. The van der Waals surface area contributed by atoms with Crippen molar-refractivity contribution >= 4 is 6.01 Å². The van der Waals surface area contributed by atoms with E-state index in [9.17, 15) is 0 Å². The van der Waals surface area contributed by atoms with E-state index in [2.05, 4.69) is 4.98 Å². The van der Waals surface area contributed by atoms with Gasteiger partial charge in [-0.3, -0.25) is 0 Å². The molecule has 1 aromatic carbocycles. The first-order valence-electron chi connectivity index (χ1n) is 5.41. The zero-order valence-corrected chi connectivity index (χ0v) is 10.5. The lowest BCUT2D eigenvalue weighted by Crippen LogP contribution is -1.92. The Balaban J connectivity index is 2.60. The number of nitrogens with two attached hydrogens (primary N) is 1. The van der Waals surface area contributed by atoms with Crippen molar-refractivity contribution in [2.24, 2.45) is 0 Å². The molecule has 2 aromatic rings. The first kappa shape index (κ1) is 11.5. The molecule has 1 heterocycles. The molecule has 0 spiro atoms. The number of rotatable bonds is 2. The maximum Gasteiger partial charge on any atom is 0.292 e. The lowest BCUT2D eigenvalue weighted by molar-refractivity contribution is 0.411. The van der Waals surface area contributed by atoms with E-state index in [0.29, 0.717) is 0 Å². The summed E-state index contributed by atoms with van der Waals surface area (Å²) in [5.41, 5.74) is 9.54. The van der Waals surface area contributed by atoms with Crippen molar-refractivity contribution in [3.8, 4) is 17.0 Å². The number of hydrogen-bond donors (Lipinski definition) is 1. The largest absolute Gasteiger partial charge is 0.496 e. The molecule has 0 fully saturated rings. The van der Waals surface area contributed by atoms with E-state index in [1.54, 1.807) is 7.11 Å². The molecule has 0 aliphatic rings. The average molecular weight is 232 g/mol. The number of ether oxygens (including phenoxy) is 1. The highest BCUT2D eigenvalue weighted by Gasteiger charge is 2.14. The van der Waals surface area contributed by atoms with Gasteiger partial charge in [0.05, 0.1) is 7.11 Å². The molecule has 0 amide bonds. The Morgan fingerprint density at radius 1 is 1.18 bits per heavy atom. The fraction of sp³-hybridized carbons (Fsp3) is 0.308. The van der Waals surface area contributed by atoms with Crippen LogP contribution in [0, 0.1) is 20.8 Å². The van der Waals surface area contributed by atoms with Gasteiger partial charge in [-0.05, 0) is 44.0 Å². The van der Waals surface area contributed by atoms with Crippen molar-refractivity contribution in [3.05, 3.63) is 29.0 Å². The maximum absolute atomic E-state index is 5.56. The van der Waals surface area contributed by atoms with E-state index < -0.39 is 0 Å². The summed E-state index contributed by atoms with van der Waals surface area (Å²) in [4.78, 5) is 4.21. The molecule has 0 unspecified atom stereocenters. The Bertz CT molecular complexity index is 559. The monoisotopic (exact) mass is 232 g/mol. The van der Waals surface area contributed by atoms with Crippen LogP contribution in [0.5, 0.6) is 5.75 Å². The Labute approximate surface area is 100 Å². The van der Waals surface area contributed by atoms with E-state index in [1.807, 2.05) is 32.9 Å². The van der Waals surface area contributed by atoms with Crippen LogP contribution in [0.3, 0.4) is 0 Å². The van der Waals surface area contributed by atoms with Gasteiger partial charge in [0.1, 0.15) is 17.2 Å². The van der Waals surface area contributed by atoms with E-state index in [1.165, 1.54) is 0 Å². The number of benzene rings is 1. The minimum Gasteiger partial charge on any atom is -0.496 e. The Kier molecular flexibility index (Phi) is 2.79. The van der Waals surface area contributed by atoms with Crippen molar-refractivity contribution in [1.82, 2.24) is 4.98 Å². The lowest BCUT2D eigenvalue weighted by Gasteiger charge is -2.09. The molecule has 4 nitrogen and oxygen atoms in total. The van der Waals surface area contributed by atoms with Crippen LogP contribution in [0.4, 0.5) is 6.01 Å². The number of aromatic nitrogens is 1. The van der Waals surface area contributed by atoms with Gasteiger partial charge in [-0.15, -0.1) is 0 Å². The van der Waals surface area contributed by atoms with Crippen molar-refractivity contribution in [3.63, 3.8) is 0 Å². The second-order valence-electron chi connectivity index (χ2n) is 4.09. The molecule has 90 valence electrons. The van der Waals surface area contributed by atoms with Crippen LogP contribution in [-0.4, -0.2) is 12.1 Å². The minimum atomic E-state index is 0.199. The fourth-order valence-electron chi connectivity index (χ4n) is 1.93. The van der Waals surface area contributed by atoms with Gasteiger partial charge in [0.15, 0.2) is 0 Å². The molecule has 0 saturated heterocycles. The average Bonchev–Trinajstić information content (AvgIpc) is 2.60. The molecule has 0 saturated carbocycles. The molecule has 2 N–H and O–H groups in total. The number of nitrogens with zero attached hydrogens (tertiary/aromatic N) is 1. The van der Waals surface area contributed by atoms with E-state index in [0.717, 1.165) is 33.9 Å². The molecule has 2 rings (SSSR count). The summed E-state index contributed by atoms with van der Waals surface area (Å²) in [7, 11) is 1.67. The molecule has 0 atom stereocenters. The summed E-state index contributed by atoms with van der Waals surface area (Å²) in [5, 5.41) is 0. The van der Waals surface area contributed by atoms with Crippen LogP contribution in [0.25, 0.3) is 11.3 Å². The van der Waals surface area contributed by atoms with Crippen LogP contribution >= 0.6 is 0 Å². The first-order chi connectivity index (χ1) is 8.02. The summed E-state index contributed by atoms with van der Waals surface area (Å²) in [6, 6.07) is 4.23. The number of hydrogen-bond acceptors (Lipinski definition) is 4. The van der Waals surface area contributed by atoms with Gasteiger partial charge in [-0.1, -0.05) is 0 Å². The van der Waals surface area contributed by atoms with Gasteiger partial charge < -0.3 is 14.9 Å². The van der Waals surface area contributed by atoms with Crippen LogP contribution in [0.15, 0.2) is 16.5 Å². The van der Waals surface area contributed by atoms with E-state index in [4.69, 9.17) is 14.9 Å². The molecular formula is C13H16N2O2. The summed E-state index contributed by atoms with van der Waals surface area (Å²) >= 11 is 0. The van der Waals surface area contributed by atoms with Crippen LogP contribution < -0.4 is 10.5 Å². The Hall–Kier alpha value is -1.97. The quantitative estimate of drug-likeness (QED) is 0.864. The number of anilines is 1. The van der Waals surface area contributed by atoms with Crippen LogP contribution in [0.1, 0.15) is 16.9 Å². The van der Waals surface area contributed by atoms with Gasteiger partial charge >= 0.3 is 0 Å². The highest BCUT2D eigenvalue weighted by atomic mass is 16.5. The molecular weight excluding hydrogens is 216 g/mol. The summed E-state index contributed by atoms with van der Waals surface area (Å²) in [6.07, 6.45) is 0. The van der Waals surface area contributed by atoms with Crippen molar-refractivity contribution in [1.29, 1.82) is 0 Å². The highest BCUT2D eigenvalue weighted by Crippen LogP contribution is 2.31. The number of aryl methyl sites for hydroxylation is 3. The second kappa shape index (κ2) is 4.13. The third kappa shape index (κ3) is 1.98. The third-order valence-corrected chi connectivity index (χ3v) is 2.81. The standard InChI is InChI=1S/C13H16N2O2/c1-7-6-11(16-4)8(2)5-10(7)12-9(3)17-13(14)15-12/h5-6H,1-4H3,(H2,14,15). The van der Waals surface area contributed by atoms with Gasteiger partial charge in [0.2, 0.25) is 0 Å². The molecule has 0 radical (unpaired) electrons. The van der Waals surface area contributed by atoms with E-state index in [-0.39, 0.29) is 6.01 Å². The van der Waals surface area contributed by atoms with Gasteiger partial charge in [0, 0.05) is 5.56 Å². The van der Waals surface area contributed by atoms with Crippen molar-refractivity contribution in [2.45, 2.75) is 20.8 Å². The zero-order valence-electron chi connectivity index (χ0n) is 10.5. The van der Waals surface area contributed by atoms with E-state index >= 15 is 0 Å². The van der Waals surface area contributed by atoms with Crippen LogP contribution in [0.2, 0.25) is 0 Å². The highest BCUT2D eigenvalue weighted by molar-refractivity contribution is 5.68. The molecule has 0 aliphatic heterocycles. The fourth-order valence-corrected chi connectivity index (χ4v) is 1.93. The number of methoxy groups -OCH3 is 1. The SMILES string of the molecule is COc1cc(C)c(-c2nc(N)oc2C)cc1C. The third-order valence-electron chi connectivity index (χ3n) is 2.81. The predicted molar refractivity (Wildman–Crippen MR) is 67.1 cm³/mol. The summed E-state index contributed by atoms with van der Waals surface area (Å²) < 4.78 is 10.5. The van der Waals surface area contributed by atoms with Gasteiger partial charge in [0.25, 0.3) is 6.01 Å². The summed E-state index contributed by atoms with van der Waals surface area (Å²) in [6.45, 7) is 5.87. The number of oxazole rings is 1. The smallest absolute Gasteiger partial charge is 0.292 e. The van der Waals surface area contributed by atoms with Crippen LogP contribution in [-0.2, 0) is 0 Å². The Morgan fingerprint density at radius 2 is 1.88 bits per heavy atom.